The fourth-order valence-electron chi connectivity index (χ4n) is 3.71. The Kier molecular flexibility index (Phi) is 6.98. The van der Waals surface area contributed by atoms with Gasteiger partial charge in [-0.2, -0.15) is 0 Å². The van der Waals surface area contributed by atoms with Crippen LogP contribution in [0, 0.1) is 5.82 Å². The molecule has 34 heavy (non-hydrogen) atoms. The van der Waals surface area contributed by atoms with Gasteiger partial charge >= 0.3 is 0 Å². The number of nitrogens with one attached hydrogen (secondary N) is 1. The van der Waals surface area contributed by atoms with E-state index in [0.717, 1.165) is 12.1 Å². The minimum Gasteiger partial charge on any atom is -0.503 e. The van der Waals surface area contributed by atoms with Crippen LogP contribution in [0.1, 0.15) is 32.0 Å². The highest BCUT2D eigenvalue weighted by Gasteiger charge is 2.26. The summed E-state index contributed by atoms with van der Waals surface area (Å²) in [7, 11) is 0. The number of pyridine rings is 2. The number of rotatable bonds is 6. The van der Waals surface area contributed by atoms with Crippen LogP contribution in [0.25, 0.3) is 0 Å². The largest absolute Gasteiger partial charge is 0.503 e. The van der Waals surface area contributed by atoms with Gasteiger partial charge in [-0.25, -0.2) is 9.37 Å². The molecule has 1 fully saturated rings. The molecule has 0 bridgehead atoms. The standard InChI is InChI=1S/C24H24FN5O4/c25-18-5-3-16(4-6-18)14-27-22(32)19-12-20(28-23(33)21(19)31)24(34)30-10-8-29(9-11-30)15-17-2-1-7-26-13-17/h1-7,12-13,31H,8-11,14-15H2,(H,27,32)(H,28,33). The number of amides is 2. The fraction of sp³-hybridized carbons (Fsp3) is 0.250. The predicted octanol–water partition coefficient (Wildman–Crippen LogP) is 1.91. The molecular weight excluding hydrogens is 441 g/mol. The number of nitrogens with zero attached hydrogens (tertiary/aromatic N) is 4. The molecule has 3 N–H and O–H groups in total. The summed E-state index contributed by atoms with van der Waals surface area (Å²) >= 11 is 0. The van der Waals surface area contributed by atoms with Crippen molar-refractivity contribution in [3.8, 4) is 11.6 Å². The second-order valence-corrected chi connectivity index (χ2v) is 7.97. The Morgan fingerprint density at radius 3 is 2.44 bits per heavy atom. The van der Waals surface area contributed by atoms with Crippen LogP contribution in [-0.4, -0.2) is 68.0 Å². The van der Waals surface area contributed by atoms with Crippen LogP contribution >= 0.6 is 0 Å². The second kappa shape index (κ2) is 10.3. The van der Waals surface area contributed by atoms with Crippen LogP contribution in [-0.2, 0) is 13.1 Å². The first-order chi connectivity index (χ1) is 16.4. The van der Waals surface area contributed by atoms with Crippen molar-refractivity contribution in [3.05, 3.63) is 83.1 Å². The van der Waals surface area contributed by atoms with Gasteiger partial charge in [0.15, 0.2) is 5.75 Å². The van der Waals surface area contributed by atoms with Crippen molar-refractivity contribution in [1.29, 1.82) is 0 Å². The number of carbonyl (C=O) groups is 2. The lowest BCUT2D eigenvalue weighted by Crippen LogP contribution is -2.48. The van der Waals surface area contributed by atoms with Crippen molar-refractivity contribution in [1.82, 2.24) is 25.1 Å². The summed E-state index contributed by atoms with van der Waals surface area (Å²) in [5.41, 5.74) is 1.33. The van der Waals surface area contributed by atoms with Gasteiger partial charge in [0, 0.05) is 51.7 Å². The Morgan fingerprint density at radius 2 is 1.76 bits per heavy atom. The molecule has 1 saturated heterocycles. The van der Waals surface area contributed by atoms with Gasteiger partial charge in [0.1, 0.15) is 11.5 Å². The lowest BCUT2D eigenvalue weighted by molar-refractivity contribution is 0.0621. The summed E-state index contributed by atoms with van der Waals surface area (Å²) in [5, 5.41) is 22.7. The molecule has 1 aliphatic heterocycles. The first kappa shape index (κ1) is 23.1. The molecule has 0 saturated carbocycles. The van der Waals surface area contributed by atoms with Gasteiger partial charge in [0.05, 0.1) is 5.56 Å². The summed E-state index contributed by atoms with van der Waals surface area (Å²) in [6.45, 7) is 3.00. The molecule has 0 radical (unpaired) electrons. The van der Waals surface area contributed by atoms with Crippen LogP contribution < -0.4 is 5.32 Å². The molecular formula is C24H24FN5O4. The van der Waals surface area contributed by atoms with Crippen LogP contribution in [0.15, 0.2) is 54.9 Å². The van der Waals surface area contributed by atoms with Gasteiger partial charge in [-0.05, 0) is 35.4 Å². The van der Waals surface area contributed by atoms with E-state index in [-0.39, 0.29) is 17.8 Å². The van der Waals surface area contributed by atoms with E-state index in [1.54, 1.807) is 11.1 Å². The van der Waals surface area contributed by atoms with Gasteiger partial charge in [0.2, 0.25) is 0 Å². The van der Waals surface area contributed by atoms with Crippen molar-refractivity contribution in [2.24, 2.45) is 0 Å². The average Bonchev–Trinajstić information content (AvgIpc) is 2.86. The number of halogens is 1. The fourth-order valence-corrected chi connectivity index (χ4v) is 3.71. The SMILES string of the molecule is O=C(NCc1ccc(F)cc1)c1cc(C(=O)N2CCN(Cc3cccnc3)CC2)nc(O)c1O. The molecule has 2 amide bonds. The summed E-state index contributed by atoms with van der Waals surface area (Å²) in [4.78, 5) is 37.3. The lowest BCUT2D eigenvalue weighted by atomic mass is 10.1. The summed E-state index contributed by atoms with van der Waals surface area (Å²) in [6.07, 6.45) is 3.53. The molecule has 176 valence electrons. The maximum Gasteiger partial charge on any atom is 0.272 e. The third kappa shape index (κ3) is 5.46. The Hall–Kier alpha value is -4.05. The van der Waals surface area contributed by atoms with Gasteiger partial charge in [-0.3, -0.25) is 19.5 Å². The number of hydrogen-bond acceptors (Lipinski definition) is 7. The van der Waals surface area contributed by atoms with Crippen molar-refractivity contribution in [2.45, 2.75) is 13.1 Å². The summed E-state index contributed by atoms with van der Waals surface area (Å²) in [6, 6.07) is 10.6. The molecule has 3 heterocycles. The van der Waals surface area contributed by atoms with Crippen molar-refractivity contribution in [3.63, 3.8) is 0 Å². The molecule has 0 aliphatic carbocycles. The minimum atomic E-state index is -0.798. The molecule has 9 nitrogen and oxygen atoms in total. The van der Waals surface area contributed by atoms with E-state index in [1.165, 1.54) is 30.3 Å². The van der Waals surface area contributed by atoms with E-state index >= 15 is 0 Å². The van der Waals surface area contributed by atoms with Crippen molar-refractivity contribution >= 4 is 11.8 Å². The Labute approximate surface area is 195 Å². The van der Waals surface area contributed by atoms with Crippen molar-refractivity contribution in [2.75, 3.05) is 26.2 Å². The van der Waals surface area contributed by atoms with E-state index in [1.807, 2.05) is 18.3 Å². The molecule has 0 atom stereocenters. The van der Waals surface area contributed by atoms with E-state index in [9.17, 15) is 24.2 Å². The minimum absolute atomic E-state index is 0.0732. The summed E-state index contributed by atoms with van der Waals surface area (Å²) < 4.78 is 13.0. The lowest BCUT2D eigenvalue weighted by Gasteiger charge is -2.34. The number of carbonyl (C=O) groups excluding carboxylic acids is 2. The molecule has 10 heteroatoms. The number of hydrogen-bond donors (Lipinski definition) is 3. The zero-order valence-electron chi connectivity index (χ0n) is 18.3. The van der Waals surface area contributed by atoms with Crippen LogP contribution in [0.2, 0.25) is 0 Å². The highest BCUT2D eigenvalue weighted by molar-refractivity contribution is 6.01. The molecule has 3 aromatic rings. The zero-order chi connectivity index (χ0) is 24.1. The van der Waals surface area contributed by atoms with E-state index in [2.05, 4.69) is 20.2 Å². The van der Waals surface area contributed by atoms with Gasteiger partial charge < -0.3 is 20.4 Å². The molecule has 2 aromatic heterocycles. The summed E-state index contributed by atoms with van der Waals surface area (Å²) in [5.74, 6) is -3.05. The Bertz CT molecular complexity index is 1170. The third-order valence-corrected chi connectivity index (χ3v) is 5.59. The molecule has 4 rings (SSSR count). The third-order valence-electron chi connectivity index (χ3n) is 5.59. The van der Waals surface area contributed by atoms with E-state index in [0.29, 0.717) is 31.7 Å². The molecule has 1 aliphatic rings. The first-order valence-corrected chi connectivity index (χ1v) is 10.8. The average molecular weight is 465 g/mol. The van der Waals surface area contributed by atoms with E-state index < -0.39 is 29.3 Å². The first-order valence-electron chi connectivity index (χ1n) is 10.8. The smallest absolute Gasteiger partial charge is 0.272 e. The topological polar surface area (TPSA) is 119 Å². The zero-order valence-corrected chi connectivity index (χ0v) is 18.3. The van der Waals surface area contributed by atoms with Gasteiger partial charge in [-0.1, -0.05) is 18.2 Å². The quantitative estimate of drug-likeness (QED) is 0.509. The number of benzene rings is 1. The Balaban J connectivity index is 1.40. The predicted molar refractivity (Wildman–Crippen MR) is 121 cm³/mol. The highest BCUT2D eigenvalue weighted by Crippen LogP contribution is 2.28. The monoisotopic (exact) mass is 465 g/mol. The molecule has 0 spiro atoms. The maximum atomic E-state index is 13.0. The van der Waals surface area contributed by atoms with E-state index in [4.69, 9.17) is 0 Å². The maximum absolute atomic E-state index is 13.0. The normalized spacial score (nSPS) is 14.1. The molecule has 1 aromatic carbocycles. The number of aromatic hydroxyl groups is 2. The van der Waals surface area contributed by atoms with Crippen LogP contribution in [0.4, 0.5) is 4.39 Å². The van der Waals surface area contributed by atoms with Crippen LogP contribution in [0.3, 0.4) is 0 Å². The van der Waals surface area contributed by atoms with Gasteiger partial charge in [-0.15, -0.1) is 0 Å². The number of piperazine rings is 1. The Morgan fingerprint density at radius 1 is 1.03 bits per heavy atom. The van der Waals surface area contributed by atoms with Crippen molar-refractivity contribution < 1.29 is 24.2 Å². The van der Waals surface area contributed by atoms with Crippen LogP contribution in [0.5, 0.6) is 11.6 Å². The number of aromatic nitrogens is 2. The second-order valence-electron chi connectivity index (χ2n) is 7.97. The highest BCUT2D eigenvalue weighted by atomic mass is 19.1. The molecule has 0 unspecified atom stereocenters. The van der Waals surface area contributed by atoms with Gasteiger partial charge in [0.25, 0.3) is 17.7 Å².